The summed E-state index contributed by atoms with van der Waals surface area (Å²) in [7, 11) is 0. The van der Waals surface area contributed by atoms with E-state index in [-0.39, 0.29) is 5.41 Å². The van der Waals surface area contributed by atoms with Gasteiger partial charge < -0.3 is 0 Å². The van der Waals surface area contributed by atoms with Crippen LogP contribution in [0.25, 0.3) is 56.1 Å². The van der Waals surface area contributed by atoms with Crippen LogP contribution in [-0.4, -0.2) is 15.0 Å². The molecule has 1 aliphatic heterocycles. The lowest BCUT2D eigenvalue weighted by atomic mass is 9.75. The first-order chi connectivity index (χ1) is 23.4. The van der Waals surface area contributed by atoms with Crippen LogP contribution in [0.1, 0.15) is 36.1 Å². The van der Waals surface area contributed by atoms with Crippen LogP contribution < -0.4 is 0 Å². The number of nitrogens with zero attached hydrogens (tertiary/aromatic N) is 5. The molecule has 0 amide bonds. The second-order valence-electron chi connectivity index (χ2n) is 12.4. The number of hydrogen-bond donors (Lipinski definition) is 0. The third-order valence-corrected chi connectivity index (χ3v) is 10.1. The van der Waals surface area contributed by atoms with Gasteiger partial charge in [-0.05, 0) is 81.6 Å². The van der Waals surface area contributed by atoms with E-state index in [1.807, 2.05) is 72.8 Å². The van der Waals surface area contributed by atoms with Gasteiger partial charge in [-0.1, -0.05) is 104 Å². The largest absolute Gasteiger partial charge is 0.208 e. The van der Waals surface area contributed by atoms with E-state index in [9.17, 15) is 10.5 Å². The molecule has 6 aromatic carbocycles. The molecule has 1 aromatic heterocycles. The van der Waals surface area contributed by atoms with Crippen LogP contribution >= 0.6 is 11.8 Å². The van der Waals surface area contributed by atoms with Crippen LogP contribution in [0.5, 0.6) is 0 Å². The zero-order valence-corrected chi connectivity index (χ0v) is 27.1. The molecule has 6 heteroatoms. The van der Waals surface area contributed by atoms with E-state index in [0.717, 1.165) is 59.5 Å². The monoisotopic (exact) mass is 633 g/mol. The quantitative estimate of drug-likeness (QED) is 0.192. The molecule has 0 bridgehead atoms. The third kappa shape index (κ3) is 5.10. The summed E-state index contributed by atoms with van der Waals surface area (Å²) in [5.74, 6) is 1.78. The Labute approximate surface area is 283 Å². The van der Waals surface area contributed by atoms with E-state index in [4.69, 9.17) is 15.0 Å². The molecule has 0 fully saturated rings. The zero-order chi connectivity index (χ0) is 32.8. The summed E-state index contributed by atoms with van der Waals surface area (Å²) >= 11 is 1.70. The van der Waals surface area contributed by atoms with E-state index in [1.165, 1.54) is 0 Å². The topological polar surface area (TPSA) is 86.2 Å². The van der Waals surface area contributed by atoms with Crippen LogP contribution in [0.15, 0.2) is 137 Å². The van der Waals surface area contributed by atoms with Crippen LogP contribution in [0.4, 0.5) is 0 Å². The molecule has 48 heavy (non-hydrogen) atoms. The highest BCUT2D eigenvalue weighted by Gasteiger charge is 2.35. The number of aromatic nitrogens is 3. The SMILES string of the molecule is CC1(C)c2cc(-c3nc(-c4ccccc4)nc(-c4cccc(-c5ccc6cc(C#N)ccc6c5)c4)n3)ccc2Sc2cccc(C#N)c21. The summed E-state index contributed by atoms with van der Waals surface area (Å²) in [5, 5.41) is 21.4. The van der Waals surface area contributed by atoms with Gasteiger partial charge in [0.15, 0.2) is 17.5 Å². The molecule has 1 aliphatic rings. The number of hydrogen-bond acceptors (Lipinski definition) is 6. The van der Waals surface area contributed by atoms with Crippen molar-refractivity contribution in [1.29, 1.82) is 10.5 Å². The van der Waals surface area contributed by atoms with Crippen molar-refractivity contribution in [3.8, 4) is 57.4 Å². The van der Waals surface area contributed by atoms with Crippen LogP contribution in [0, 0.1) is 22.7 Å². The van der Waals surface area contributed by atoms with E-state index >= 15 is 0 Å². The molecule has 0 N–H and O–H groups in total. The Balaban J connectivity index is 1.25. The molecule has 2 heterocycles. The summed E-state index contributed by atoms with van der Waals surface area (Å²) in [6.45, 7) is 4.37. The lowest BCUT2D eigenvalue weighted by Crippen LogP contribution is -2.25. The van der Waals surface area contributed by atoms with Gasteiger partial charge in [-0.3, -0.25) is 0 Å². The average Bonchev–Trinajstić information content (AvgIpc) is 3.14. The predicted molar refractivity (Wildman–Crippen MR) is 191 cm³/mol. The van der Waals surface area contributed by atoms with Crippen molar-refractivity contribution in [3.05, 3.63) is 150 Å². The van der Waals surface area contributed by atoms with Crippen molar-refractivity contribution in [3.63, 3.8) is 0 Å². The molecule has 226 valence electrons. The van der Waals surface area contributed by atoms with Crippen LogP contribution in [-0.2, 0) is 5.41 Å². The van der Waals surface area contributed by atoms with E-state index in [0.29, 0.717) is 28.6 Å². The van der Waals surface area contributed by atoms with E-state index < -0.39 is 0 Å². The number of nitriles is 2. The van der Waals surface area contributed by atoms with Gasteiger partial charge in [-0.25, -0.2) is 15.0 Å². The molecule has 0 saturated carbocycles. The Morgan fingerprint density at radius 3 is 1.92 bits per heavy atom. The highest BCUT2D eigenvalue weighted by atomic mass is 32.2. The Bertz CT molecular complexity index is 2490. The van der Waals surface area contributed by atoms with Crippen molar-refractivity contribution in [1.82, 2.24) is 15.0 Å². The van der Waals surface area contributed by atoms with Gasteiger partial charge in [0.2, 0.25) is 0 Å². The van der Waals surface area contributed by atoms with Gasteiger partial charge in [-0.2, -0.15) is 10.5 Å². The van der Waals surface area contributed by atoms with Gasteiger partial charge in [-0.15, -0.1) is 0 Å². The summed E-state index contributed by atoms with van der Waals surface area (Å²) in [5.41, 5.74) is 7.95. The van der Waals surface area contributed by atoms with Crippen molar-refractivity contribution in [2.75, 3.05) is 0 Å². The minimum atomic E-state index is -0.388. The van der Waals surface area contributed by atoms with Gasteiger partial charge in [0.25, 0.3) is 0 Å². The molecule has 7 aromatic rings. The van der Waals surface area contributed by atoms with Gasteiger partial charge in [0, 0.05) is 31.9 Å². The molecule has 0 unspecified atom stereocenters. The Morgan fingerprint density at radius 2 is 1.15 bits per heavy atom. The molecular weight excluding hydrogens is 607 g/mol. The van der Waals surface area contributed by atoms with E-state index in [2.05, 4.69) is 80.6 Å². The molecule has 5 nitrogen and oxygen atoms in total. The molecule has 0 saturated heterocycles. The van der Waals surface area contributed by atoms with E-state index in [1.54, 1.807) is 11.8 Å². The second kappa shape index (κ2) is 11.6. The van der Waals surface area contributed by atoms with Crippen LogP contribution in [0.3, 0.4) is 0 Å². The second-order valence-corrected chi connectivity index (χ2v) is 13.5. The molecular formula is C42H27N5S. The van der Waals surface area contributed by atoms with Crippen molar-refractivity contribution in [2.24, 2.45) is 0 Å². The summed E-state index contributed by atoms with van der Waals surface area (Å²) in [4.78, 5) is 17.3. The predicted octanol–water partition coefficient (Wildman–Crippen LogP) is 10.2. The van der Waals surface area contributed by atoms with Gasteiger partial charge >= 0.3 is 0 Å². The number of rotatable bonds is 4. The first-order valence-electron chi connectivity index (χ1n) is 15.6. The normalized spacial score (nSPS) is 12.8. The van der Waals surface area contributed by atoms with Crippen molar-refractivity contribution in [2.45, 2.75) is 29.1 Å². The zero-order valence-electron chi connectivity index (χ0n) is 26.3. The lowest BCUT2D eigenvalue weighted by molar-refractivity contribution is 0.605. The van der Waals surface area contributed by atoms with Crippen LogP contribution in [0.2, 0.25) is 0 Å². The fourth-order valence-corrected chi connectivity index (χ4v) is 7.95. The Morgan fingerprint density at radius 1 is 0.521 bits per heavy atom. The lowest BCUT2D eigenvalue weighted by Gasteiger charge is -2.35. The molecule has 0 spiro atoms. The van der Waals surface area contributed by atoms with Gasteiger partial charge in [0.05, 0.1) is 23.3 Å². The highest BCUT2D eigenvalue weighted by Crippen LogP contribution is 2.51. The maximum atomic E-state index is 9.95. The third-order valence-electron chi connectivity index (χ3n) is 8.99. The number of benzene rings is 6. The fourth-order valence-electron chi connectivity index (χ4n) is 6.54. The molecule has 0 radical (unpaired) electrons. The number of fused-ring (bicyclic) bond motifs is 3. The van der Waals surface area contributed by atoms with Crippen molar-refractivity contribution >= 4 is 22.5 Å². The molecule has 8 rings (SSSR count). The molecule has 0 aliphatic carbocycles. The smallest absolute Gasteiger partial charge is 0.164 e. The minimum Gasteiger partial charge on any atom is -0.208 e. The maximum Gasteiger partial charge on any atom is 0.164 e. The van der Waals surface area contributed by atoms with Crippen molar-refractivity contribution < 1.29 is 0 Å². The Kier molecular flexibility index (Phi) is 7.10. The Hall–Kier alpha value is -6.08. The molecule has 0 atom stereocenters. The first kappa shape index (κ1) is 29.3. The standard InChI is InChI=1S/C42H27N5S/c1-42(2)35-23-33(18-19-36(35)48-37-13-7-12-34(25-44)38(37)42)41-46-39(27-8-4-3-5-9-27)45-40(47-41)32-11-6-10-28(22-32)31-17-16-29-20-26(24-43)14-15-30(29)21-31/h3-23H,1-2H3. The summed E-state index contributed by atoms with van der Waals surface area (Å²) in [6, 6.07) is 47.3. The summed E-state index contributed by atoms with van der Waals surface area (Å²) < 4.78 is 0. The first-order valence-corrected chi connectivity index (χ1v) is 16.5. The maximum absolute atomic E-state index is 9.95. The highest BCUT2D eigenvalue weighted by molar-refractivity contribution is 7.99. The minimum absolute atomic E-state index is 0.388. The summed E-state index contributed by atoms with van der Waals surface area (Å²) in [6.07, 6.45) is 0. The average molecular weight is 634 g/mol. The fraction of sp³-hybridized carbons (Fsp3) is 0.0714. The van der Waals surface area contributed by atoms with Gasteiger partial charge in [0.1, 0.15) is 0 Å².